The third-order valence-electron chi connectivity index (χ3n) is 3.21. The summed E-state index contributed by atoms with van der Waals surface area (Å²) >= 11 is 0. The van der Waals surface area contributed by atoms with Crippen LogP contribution in [0.5, 0.6) is 0 Å². The second-order valence-corrected chi connectivity index (χ2v) is 4.67. The first-order valence-corrected chi connectivity index (χ1v) is 5.58. The van der Waals surface area contributed by atoms with Gasteiger partial charge in [0.25, 0.3) is 5.91 Å². The molecule has 1 aromatic heterocycles. The number of aromatic nitrogens is 1. The molecule has 0 atom stereocenters. The number of nitrogens with one attached hydrogen (secondary N) is 1. The van der Waals surface area contributed by atoms with Crippen molar-refractivity contribution in [2.24, 2.45) is 5.84 Å². The lowest BCUT2D eigenvalue weighted by Gasteiger charge is -2.33. The normalized spacial score (nSPS) is 11.9. The van der Waals surface area contributed by atoms with Gasteiger partial charge in [-0.3, -0.25) is 15.1 Å². The minimum absolute atomic E-state index is 0.0725. The largest absolute Gasteiger partial charge is 0.359 e. The van der Waals surface area contributed by atoms with E-state index in [1.165, 1.54) is 0 Å². The summed E-state index contributed by atoms with van der Waals surface area (Å²) in [5, 5.41) is 3.65. The van der Waals surface area contributed by atoms with Crippen LogP contribution in [0.1, 0.15) is 43.4 Å². The Morgan fingerprint density at radius 2 is 2.29 bits per heavy atom. The average Bonchev–Trinajstić information content (AvgIpc) is 2.76. The summed E-state index contributed by atoms with van der Waals surface area (Å²) in [6.07, 6.45) is 1.02. The molecule has 0 aliphatic heterocycles. The summed E-state index contributed by atoms with van der Waals surface area (Å²) in [6.45, 7) is 7.03. The maximum absolute atomic E-state index is 11.2. The van der Waals surface area contributed by atoms with Crippen molar-refractivity contribution in [3.8, 4) is 0 Å². The summed E-state index contributed by atoms with van der Waals surface area (Å²) < 4.78 is 5.09. The van der Waals surface area contributed by atoms with Gasteiger partial charge < -0.3 is 4.52 Å². The van der Waals surface area contributed by atoms with Crippen LogP contribution < -0.4 is 11.3 Å². The molecular weight excluding hydrogens is 220 g/mol. The van der Waals surface area contributed by atoms with Crippen molar-refractivity contribution in [2.75, 3.05) is 7.05 Å². The van der Waals surface area contributed by atoms with E-state index in [4.69, 9.17) is 10.4 Å². The minimum Gasteiger partial charge on any atom is -0.359 e. The molecule has 0 bridgehead atoms. The van der Waals surface area contributed by atoms with Crippen molar-refractivity contribution in [3.63, 3.8) is 0 Å². The molecule has 0 fully saturated rings. The van der Waals surface area contributed by atoms with E-state index in [0.29, 0.717) is 12.3 Å². The van der Waals surface area contributed by atoms with E-state index in [9.17, 15) is 4.79 Å². The fourth-order valence-electron chi connectivity index (χ4n) is 1.29. The molecule has 0 saturated carbocycles. The zero-order valence-corrected chi connectivity index (χ0v) is 10.8. The van der Waals surface area contributed by atoms with Crippen LogP contribution in [-0.2, 0) is 6.54 Å². The van der Waals surface area contributed by atoms with Crippen LogP contribution in [0.15, 0.2) is 10.6 Å². The Hall–Kier alpha value is -1.40. The molecule has 3 N–H and O–H groups in total. The fourth-order valence-corrected chi connectivity index (χ4v) is 1.29. The number of carbonyl (C=O) groups is 1. The second-order valence-electron chi connectivity index (χ2n) is 4.67. The Morgan fingerprint density at radius 3 is 2.82 bits per heavy atom. The van der Waals surface area contributed by atoms with Gasteiger partial charge in [-0.05, 0) is 27.3 Å². The van der Waals surface area contributed by atoms with E-state index in [0.717, 1.165) is 6.42 Å². The Kier molecular flexibility index (Phi) is 4.25. The number of amides is 1. The van der Waals surface area contributed by atoms with Crippen molar-refractivity contribution in [1.29, 1.82) is 0 Å². The monoisotopic (exact) mass is 240 g/mol. The number of carbonyl (C=O) groups excluding carboxylic acids is 1. The van der Waals surface area contributed by atoms with Gasteiger partial charge in [0.05, 0.1) is 6.54 Å². The standard InChI is InChI=1S/C11H20N4O2/c1-5-11(2,3)15(4)7-8-6-9(14-17-8)10(16)13-12/h6H,5,7,12H2,1-4H3,(H,13,16). The lowest BCUT2D eigenvalue weighted by atomic mass is 10.00. The van der Waals surface area contributed by atoms with Gasteiger partial charge in [0.2, 0.25) is 0 Å². The van der Waals surface area contributed by atoms with Gasteiger partial charge >= 0.3 is 0 Å². The molecule has 96 valence electrons. The van der Waals surface area contributed by atoms with Gasteiger partial charge in [-0.25, -0.2) is 5.84 Å². The van der Waals surface area contributed by atoms with Gasteiger partial charge in [0.15, 0.2) is 11.5 Å². The van der Waals surface area contributed by atoms with E-state index in [1.807, 2.05) is 12.5 Å². The Bertz CT molecular complexity index is 387. The van der Waals surface area contributed by atoms with Crippen molar-refractivity contribution in [1.82, 2.24) is 15.5 Å². The van der Waals surface area contributed by atoms with Crippen LogP contribution >= 0.6 is 0 Å². The number of hydrogen-bond acceptors (Lipinski definition) is 5. The van der Waals surface area contributed by atoms with Crippen LogP contribution in [0, 0.1) is 0 Å². The fraction of sp³-hybridized carbons (Fsp3) is 0.636. The summed E-state index contributed by atoms with van der Waals surface area (Å²) in [4.78, 5) is 13.3. The van der Waals surface area contributed by atoms with Crippen LogP contribution in [0.4, 0.5) is 0 Å². The lowest BCUT2D eigenvalue weighted by Crippen LogP contribution is -2.39. The minimum atomic E-state index is -0.447. The number of hydrazine groups is 1. The van der Waals surface area contributed by atoms with E-state index in [1.54, 1.807) is 6.07 Å². The molecule has 6 nitrogen and oxygen atoms in total. The highest BCUT2D eigenvalue weighted by molar-refractivity contribution is 5.91. The van der Waals surface area contributed by atoms with Crippen LogP contribution in [0.25, 0.3) is 0 Å². The summed E-state index contributed by atoms with van der Waals surface area (Å²) in [7, 11) is 2.01. The number of hydrogen-bond donors (Lipinski definition) is 2. The highest BCUT2D eigenvalue weighted by atomic mass is 16.5. The zero-order chi connectivity index (χ0) is 13.1. The first kappa shape index (κ1) is 13.7. The number of nitrogen functional groups attached to an aromatic ring is 1. The predicted octanol–water partition coefficient (Wildman–Crippen LogP) is 0.899. The predicted molar refractivity (Wildman–Crippen MR) is 64.0 cm³/mol. The highest BCUT2D eigenvalue weighted by Crippen LogP contribution is 2.19. The molecule has 0 aliphatic carbocycles. The van der Waals surface area contributed by atoms with E-state index in [2.05, 4.69) is 30.8 Å². The topological polar surface area (TPSA) is 84.4 Å². The Morgan fingerprint density at radius 1 is 1.65 bits per heavy atom. The molecule has 0 saturated heterocycles. The number of rotatable bonds is 5. The molecule has 1 heterocycles. The molecule has 17 heavy (non-hydrogen) atoms. The second kappa shape index (κ2) is 5.29. The van der Waals surface area contributed by atoms with Crippen molar-refractivity contribution in [2.45, 2.75) is 39.3 Å². The van der Waals surface area contributed by atoms with E-state index >= 15 is 0 Å². The molecule has 1 amide bonds. The van der Waals surface area contributed by atoms with Crippen LogP contribution in [-0.4, -0.2) is 28.6 Å². The molecular formula is C11H20N4O2. The molecule has 0 aromatic carbocycles. The van der Waals surface area contributed by atoms with Gasteiger partial charge in [0.1, 0.15) is 0 Å². The smallest absolute Gasteiger partial charge is 0.287 e. The van der Waals surface area contributed by atoms with Gasteiger partial charge in [-0.2, -0.15) is 0 Å². The first-order chi connectivity index (χ1) is 7.90. The molecule has 0 unspecified atom stereocenters. The van der Waals surface area contributed by atoms with Crippen molar-refractivity contribution in [3.05, 3.63) is 17.5 Å². The zero-order valence-electron chi connectivity index (χ0n) is 10.8. The van der Waals surface area contributed by atoms with E-state index < -0.39 is 5.91 Å². The van der Waals surface area contributed by atoms with E-state index in [-0.39, 0.29) is 11.2 Å². The lowest BCUT2D eigenvalue weighted by molar-refractivity contribution is 0.0943. The number of nitrogens with two attached hydrogens (primary N) is 1. The third-order valence-corrected chi connectivity index (χ3v) is 3.21. The van der Waals surface area contributed by atoms with Gasteiger partial charge in [0, 0.05) is 11.6 Å². The quantitative estimate of drug-likeness (QED) is 0.454. The summed E-state index contributed by atoms with van der Waals surface area (Å²) in [5.41, 5.74) is 2.29. The van der Waals surface area contributed by atoms with Crippen LogP contribution in [0.2, 0.25) is 0 Å². The molecule has 0 spiro atoms. The number of nitrogens with zero attached hydrogens (tertiary/aromatic N) is 2. The summed E-state index contributed by atoms with van der Waals surface area (Å²) in [5.74, 6) is 5.21. The van der Waals surface area contributed by atoms with Gasteiger partial charge in [-0.1, -0.05) is 12.1 Å². The maximum atomic E-state index is 11.2. The SMILES string of the molecule is CCC(C)(C)N(C)Cc1cc(C(=O)NN)no1. The van der Waals surface area contributed by atoms with Crippen molar-refractivity contribution < 1.29 is 9.32 Å². The Balaban J connectivity index is 2.70. The molecule has 0 radical (unpaired) electrons. The average molecular weight is 240 g/mol. The van der Waals surface area contributed by atoms with Gasteiger partial charge in [-0.15, -0.1) is 0 Å². The maximum Gasteiger partial charge on any atom is 0.287 e. The molecule has 0 aliphatic rings. The molecule has 1 rings (SSSR count). The third kappa shape index (κ3) is 3.28. The molecule has 1 aromatic rings. The first-order valence-electron chi connectivity index (χ1n) is 5.58. The molecule has 6 heteroatoms. The van der Waals surface area contributed by atoms with Crippen molar-refractivity contribution >= 4 is 5.91 Å². The summed E-state index contributed by atoms with van der Waals surface area (Å²) in [6, 6.07) is 1.60. The Labute approximate surface area is 101 Å². The van der Waals surface area contributed by atoms with Crippen LogP contribution in [0.3, 0.4) is 0 Å². The highest BCUT2D eigenvalue weighted by Gasteiger charge is 2.22.